The third-order valence-corrected chi connectivity index (χ3v) is 3.14. The molecule has 2 aromatic rings. The first-order valence-corrected chi connectivity index (χ1v) is 6.30. The Morgan fingerprint density at radius 2 is 2.16 bits per heavy atom. The molecular formula is C14H17F2N3. The number of halogens is 2. The van der Waals surface area contributed by atoms with Gasteiger partial charge in [0.2, 0.25) is 0 Å². The van der Waals surface area contributed by atoms with E-state index >= 15 is 0 Å². The molecule has 2 rings (SSSR count). The molecule has 0 amide bonds. The number of nitrogens with one attached hydrogen (secondary N) is 1. The van der Waals surface area contributed by atoms with Crippen molar-refractivity contribution >= 4 is 0 Å². The molecule has 0 spiro atoms. The van der Waals surface area contributed by atoms with Crippen molar-refractivity contribution in [2.45, 2.75) is 33.0 Å². The van der Waals surface area contributed by atoms with Crippen LogP contribution >= 0.6 is 0 Å². The fraction of sp³-hybridized carbons (Fsp3) is 0.357. The summed E-state index contributed by atoms with van der Waals surface area (Å²) < 4.78 is 28.5. The quantitative estimate of drug-likeness (QED) is 0.900. The molecule has 19 heavy (non-hydrogen) atoms. The molecular weight excluding hydrogens is 248 g/mol. The Bertz CT molecular complexity index is 551. The fourth-order valence-electron chi connectivity index (χ4n) is 2.00. The van der Waals surface area contributed by atoms with Crippen molar-refractivity contribution in [2.24, 2.45) is 0 Å². The van der Waals surface area contributed by atoms with Crippen LogP contribution in [0.15, 0.2) is 30.6 Å². The third kappa shape index (κ3) is 3.17. The summed E-state index contributed by atoms with van der Waals surface area (Å²) in [5.74, 6) is -0.189. The number of imidazole rings is 1. The van der Waals surface area contributed by atoms with Gasteiger partial charge in [-0.1, -0.05) is 6.07 Å². The van der Waals surface area contributed by atoms with Crippen molar-refractivity contribution in [3.63, 3.8) is 0 Å². The highest BCUT2D eigenvalue weighted by Crippen LogP contribution is 2.18. The van der Waals surface area contributed by atoms with Crippen molar-refractivity contribution in [3.8, 4) is 0 Å². The lowest BCUT2D eigenvalue weighted by molar-refractivity contribution is 0.503. The first kappa shape index (κ1) is 13.7. The first-order valence-electron chi connectivity index (χ1n) is 6.30. The fourth-order valence-corrected chi connectivity index (χ4v) is 2.00. The minimum atomic E-state index is -0.560. The number of hydrogen-bond acceptors (Lipinski definition) is 2. The molecule has 0 fully saturated rings. The van der Waals surface area contributed by atoms with Crippen LogP contribution < -0.4 is 5.32 Å². The molecule has 1 atom stereocenters. The van der Waals surface area contributed by atoms with Crippen molar-refractivity contribution in [2.75, 3.05) is 0 Å². The van der Waals surface area contributed by atoms with E-state index in [4.69, 9.17) is 0 Å². The number of aryl methyl sites for hydroxylation is 1. The largest absolute Gasteiger partial charge is 0.334 e. The summed E-state index contributed by atoms with van der Waals surface area (Å²) in [7, 11) is 0. The van der Waals surface area contributed by atoms with Gasteiger partial charge in [-0.15, -0.1) is 0 Å². The molecule has 1 unspecified atom stereocenters. The zero-order valence-electron chi connectivity index (χ0n) is 11.0. The number of hydrogen-bond donors (Lipinski definition) is 1. The molecule has 0 saturated heterocycles. The highest BCUT2D eigenvalue weighted by Gasteiger charge is 2.12. The lowest BCUT2D eigenvalue weighted by Crippen LogP contribution is -2.21. The van der Waals surface area contributed by atoms with E-state index in [0.29, 0.717) is 12.1 Å². The normalized spacial score (nSPS) is 12.6. The Morgan fingerprint density at radius 1 is 1.37 bits per heavy atom. The number of rotatable bonds is 5. The van der Waals surface area contributed by atoms with E-state index < -0.39 is 11.6 Å². The van der Waals surface area contributed by atoms with Crippen LogP contribution in [0.3, 0.4) is 0 Å². The Morgan fingerprint density at radius 3 is 2.84 bits per heavy atom. The van der Waals surface area contributed by atoms with Crippen LogP contribution in [0.2, 0.25) is 0 Å². The molecule has 0 saturated carbocycles. The summed E-state index contributed by atoms with van der Waals surface area (Å²) in [6.07, 6.45) is 3.64. The van der Waals surface area contributed by atoms with Crippen LogP contribution in [0.1, 0.15) is 31.3 Å². The van der Waals surface area contributed by atoms with Gasteiger partial charge in [-0.3, -0.25) is 0 Å². The minimum absolute atomic E-state index is 0.206. The maximum atomic E-state index is 13.6. The van der Waals surface area contributed by atoms with E-state index in [9.17, 15) is 8.78 Å². The van der Waals surface area contributed by atoms with Crippen LogP contribution in [0.4, 0.5) is 8.78 Å². The Balaban J connectivity index is 2.03. The number of benzene rings is 1. The summed E-state index contributed by atoms with van der Waals surface area (Å²) in [6.45, 7) is 5.26. The predicted octanol–water partition coefficient (Wildman–Crippen LogP) is 3.03. The smallest absolute Gasteiger partial charge is 0.130 e. The van der Waals surface area contributed by atoms with Gasteiger partial charge in [-0.05, 0) is 19.9 Å². The molecule has 0 bridgehead atoms. The van der Waals surface area contributed by atoms with Gasteiger partial charge in [0.1, 0.15) is 17.5 Å². The van der Waals surface area contributed by atoms with Gasteiger partial charge in [0.25, 0.3) is 0 Å². The molecule has 3 nitrogen and oxygen atoms in total. The molecule has 0 aliphatic rings. The van der Waals surface area contributed by atoms with Crippen LogP contribution in [-0.2, 0) is 13.1 Å². The Labute approximate surface area is 111 Å². The summed E-state index contributed by atoms with van der Waals surface area (Å²) in [6, 6.07) is 3.43. The van der Waals surface area contributed by atoms with Gasteiger partial charge < -0.3 is 9.88 Å². The summed E-state index contributed by atoms with van der Waals surface area (Å²) in [5, 5.41) is 3.19. The van der Waals surface area contributed by atoms with Crippen LogP contribution in [0, 0.1) is 11.6 Å². The topological polar surface area (TPSA) is 29.9 Å². The Hall–Kier alpha value is -1.75. The lowest BCUT2D eigenvalue weighted by Gasteiger charge is -2.15. The second-order valence-corrected chi connectivity index (χ2v) is 4.40. The van der Waals surface area contributed by atoms with Gasteiger partial charge in [-0.25, -0.2) is 13.8 Å². The molecule has 102 valence electrons. The lowest BCUT2D eigenvalue weighted by atomic mass is 10.1. The van der Waals surface area contributed by atoms with E-state index in [0.717, 1.165) is 18.4 Å². The standard InChI is InChI=1S/C14H17F2N3/c1-3-19-7-6-17-14(19)9-18-10(2)12-5-4-11(15)8-13(12)16/h4-8,10,18H,3,9H2,1-2H3. The van der Waals surface area contributed by atoms with Crippen molar-refractivity contribution < 1.29 is 8.78 Å². The zero-order valence-corrected chi connectivity index (χ0v) is 11.0. The van der Waals surface area contributed by atoms with E-state index in [1.165, 1.54) is 12.1 Å². The minimum Gasteiger partial charge on any atom is -0.334 e. The van der Waals surface area contributed by atoms with Crippen LogP contribution in [0.25, 0.3) is 0 Å². The SMILES string of the molecule is CCn1ccnc1CNC(C)c1ccc(F)cc1F. The monoisotopic (exact) mass is 265 g/mol. The average molecular weight is 265 g/mol. The molecule has 0 aliphatic carbocycles. The summed E-state index contributed by atoms with van der Waals surface area (Å²) in [5.41, 5.74) is 0.455. The van der Waals surface area contributed by atoms with E-state index in [-0.39, 0.29) is 6.04 Å². The molecule has 1 aromatic carbocycles. The molecule has 1 N–H and O–H groups in total. The van der Waals surface area contributed by atoms with Crippen molar-refractivity contribution in [1.82, 2.24) is 14.9 Å². The predicted molar refractivity (Wildman–Crippen MR) is 69.5 cm³/mol. The van der Waals surface area contributed by atoms with E-state index in [2.05, 4.69) is 10.3 Å². The van der Waals surface area contributed by atoms with Gasteiger partial charge in [0.05, 0.1) is 6.54 Å². The Kier molecular flexibility index (Phi) is 4.27. The van der Waals surface area contributed by atoms with Gasteiger partial charge in [-0.2, -0.15) is 0 Å². The zero-order chi connectivity index (χ0) is 13.8. The van der Waals surface area contributed by atoms with Gasteiger partial charge in [0, 0.05) is 36.6 Å². The molecule has 0 aliphatic heterocycles. The second-order valence-electron chi connectivity index (χ2n) is 4.40. The number of aromatic nitrogens is 2. The van der Waals surface area contributed by atoms with Crippen LogP contribution in [-0.4, -0.2) is 9.55 Å². The highest BCUT2D eigenvalue weighted by atomic mass is 19.1. The van der Waals surface area contributed by atoms with Gasteiger partial charge >= 0.3 is 0 Å². The second kappa shape index (κ2) is 5.93. The highest BCUT2D eigenvalue weighted by molar-refractivity contribution is 5.21. The number of nitrogens with zero attached hydrogens (tertiary/aromatic N) is 2. The van der Waals surface area contributed by atoms with Crippen molar-refractivity contribution in [1.29, 1.82) is 0 Å². The maximum Gasteiger partial charge on any atom is 0.130 e. The third-order valence-electron chi connectivity index (χ3n) is 3.14. The summed E-state index contributed by atoms with van der Waals surface area (Å²) >= 11 is 0. The summed E-state index contributed by atoms with van der Waals surface area (Å²) in [4.78, 5) is 4.24. The maximum absolute atomic E-state index is 13.6. The van der Waals surface area contributed by atoms with Gasteiger partial charge in [0.15, 0.2) is 0 Å². The molecule has 1 heterocycles. The van der Waals surface area contributed by atoms with E-state index in [1.54, 1.807) is 6.20 Å². The molecule has 1 aromatic heterocycles. The average Bonchev–Trinajstić information content (AvgIpc) is 2.83. The van der Waals surface area contributed by atoms with E-state index in [1.807, 2.05) is 24.6 Å². The molecule has 5 heteroatoms. The van der Waals surface area contributed by atoms with Crippen molar-refractivity contribution in [3.05, 3.63) is 53.6 Å². The van der Waals surface area contributed by atoms with Crippen LogP contribution in [0.5, 0.6) is 0 Å². The molecule has 0 radical (unpaired) electrons. The first-order chi connectivity index (χ1) is 9.11.